The van der Waals surface area contributed by atoms with Crippen LogP contribution in [-0.4, -0.2) is 32.7 Å². The Labute approximate surface area is 143 Å². The largest absolute Gasteiger partial charge is 0.489 e. The van der Waals surface area contributed by atoms with E-state index in [0.29, 0.717) is 19.8 Å². The minimum absolute atomic E-state index is 0.0954. The van der Waals surface area contributed by atoms with Gasteiger partial charge >= 0.3 is 0 Å². The topological polar surface area (TPSA) is 59.6 Å². The summed E-state index contributed by atoms with van der Waals surface area (Å²) < 4.78 is 10.7. The van der Waals surface area contributed by atoms with E-state index in [-0.39, 0.29) is 12.5 Å². The van der Waals surface area contributed by atoms with Crippen LogP contribution in [0.25, 0.3) is 0 Å². The van der Waals surface area contributed by atoms with Crippen molar-refractivity contribution in [3.63, 3.8) is 0 Å². The second-order valence-electron chi connectivity index (χ2n) is 5.52. The molecule has 0 saturated carbocycles. The molecule has 5 nitrogen and oxygen atoms in total. The SMILES string of the molecule is COCCNCC(=O)Nc1cccc(OCc2cccc(C)c2)c1. The summed E-state index contributed by atoms with van der Waals surface area (Å²) in [6.07, 6.45) is 0. The van der Waals surface area contributed by atoms with Crippen molar-refractivity contribution in [1.29, 1.82) is 0 Å². The van der Waals surface area contributed by atoms with Crippen molar-refractivity contribution in [2.24, 2.45) is 0 Å². The molecule has 128 valence electrons. The number of carbonyl (C=O) groups is 1. The van der Waals surface area contributed by atoms with E-state index in [1.165, 1.54) is 5.56 Å². The highest BCUT2D eigenvalue weighted by molar-refractivity contribution is 5.92. The highest BCUT2D eigenvalue weighted by Crippen LogP contribution is 2.18. The maximum absolute atomic E-state index is 11.8. The van der Waals surface area contributed by atoms with Crippen LogP contribution in [0.15, 0.2) is 48.5 Å². The lowest BCUT2D eigenvalue weighted by atomic mass is 10.1. The lowest BCUT2D eigenvalue weighted by molar-refractivity contribution is -0.115. The third kappa shape index (κ3) is 6.40. The average molecular weight is 328 g/mol. The van der Waals surface area contributed by atoms with Gasteiger partial charge in [-0.25, -0.2) is 0 Å². The van der Waals surface area contributed by atoms with Crippen LogP contribution in [0, 0.1) is 6.92 Å². The number of anilines is 1. The van der Waals surface area contributed by atoms with E-state index in [2.05, 4.69) is 29.7 Å². The summed E-state index contributed by atoms with van der Waals surface area (Å²) in [7, 11) is 1.63. The Hall–Kier alpha value is -2.37. The third-order valence-electron chi connectivity index (χ3n) is 3.37. The Morgan fingerprint density at radius 1 is 1.12 bits per heavy atom. The molecule has 0 fully saturated rings. The van der Waals surface area contributed by atoms with Crippen LogP contribution in [0.5, 0.6) is 5.75 Å². The lowest BCUT2D eigenvalue weighted by Crippen LogP contribution is -2.30. The normalized spacial score (nSPS) is 10.4. The molecule has 0 aromatic heterocycles. The average Bonchev–Trinajstić information content (AvgIpc) is 2.57. The summed E-state index contributed by atoms with van der Waals surface area (Å²) in [5.41, 5.74) is 3.04. The van der Waals surface area contributed by atoms with Gasteiger partial charge in [0.15, 0.2) is 0 Å². The van der Waals surface area contributed by atoms with Crippen LogP contribution >= 0.6 is 0 Å². The van der Waals surface area contributed by atoms with Crippen molar-refractivity contribution in [3.05, 3.63) is 59.7 Å². The Morgan fingerprint density at radius 3 is 2.75 bits per heavy atom. The molecule has 0 atom stereocenters. The number of aryl methyl sites for hydroxylation is 1. The van der Waals surface area contributed by atoms with E-state index in [1.807, 2.05) is 36.4 Å². The first-order chi connectivity index (χ1) is 11.7. The monoisotopic (exact) mass is 328 g/mol. The summed E-state index contributed by atoms with van der Waals surface area (Å²) in [5.74, 6) is 0.628. The van der Waals surface area contributed by atoms with Crippen molar-refractivity contribution < 1.29 is 14.3 Å². The van der Waals surface area contributed by atoms with Crippen molar-refractivity contribution in [3.8, 4) is 5.75 Å². The number of amides is 1. The quantitative estimate of drug-likeness (QED) is 0.695. The van der Waals surface area contributed by atoms with Gasteiger partial charge in [-0.3, -0.25) is 4.79 Å². The van der Waals surface area contributed by atoms with Crippen LogP contribution in [0.4, 0.5) is 5.69 Å². The smallest absolute Gasteiger partial charge is 0.238 e. The minimum atomic E-state index is -0.0954. The van der Waals surface area contributed by atoms with Crippen molar-refractivity contribution in [2.75, 3.05) is 32.1 Å². The van der Waals surface area contributed by atoms with Crippen LogP contribution in [0.3, 0.4) is 0 Å². The molecule has 0 aliphatic heterocycles. The van der Waals surface area contributed by atoms with Gasteiger partial charge in [0.25, 0.3) is 0 Å². The molecule has 2 aromatic carbocycles. The first kappa shape index (κ1) is 18.0. The van der Waals surface area contributed by atoms with Crippen molar-refractivity contribution in [1.82, 2.24) is 5.32 Å². The van der Waals surface area contributed by atoms with E-state index in [4.69, 9.17) is 9.47 Å². The van der Waals surface area contributed by atoms with Gasteiger partial charge in [0.05, 0.1) is 13.2 Å². The van der Waals surface area contributed by atoms with Crippen LogP contribution in [0.2, 0.25) is 0 Å². The molecule has 0 aliphatic carbocycles. The highest BCUT2D eigenvalue weighted by Gasteiger charge is 2.03. The zero-order valence-corrected chi connectivity index (χ0v) is 14.2. The molecule has 0 heterocycles. The molecule has 2 N–H and O–H groups in total. The fourth-order valence-corrected chi connectivity index (χ4v) is 2.21. The third-order valence-corrected chi connectivity index (χ3v) is 3.37. The highest BCUT2D eigenvalue weighted by atomic mass is 16.5. The standard InChI is InChI=1S/C19H24N2O3/c1-15-5-3-6-16(11-15)14-24-18-8-4-7-17(12-18)21-19(22)13-20-9-10-23-2/h3-8,11-12,20H,9-10,13-14H2,1-2H3,(H,21,22). The van der Waals surface area contributed by atoms with E-state index in [0.717, 1.165) is 17.0 Å². The maximum Gasteiger partial charge on any atom is 0.238 e. The van der Waals surface area contributed by atoms with E-state index < -0.39 is 0 Å². The lowest BCUT2D eigenvalue weighted by Gasteiger charge is -2.10. The zero-order valence-electron chi connectivity index (χ0n) is 14.2. The minimum Gasteiger partial charge on any atom is -0.489 e. The number of rotatable bonds is 9. The number of carbonyl (C=O) groups excluding carboxylic acids is 1. The molecule has 2 aromatic rings. The Bertz CT molecular complexity index is 659. The number of nitrogens with one attached hydrogen (secondary N) is 2. The fourth-order valence-electron chi connectivity index (χ4n) is 2.21. The summed E-state index contributed by atoms with van der Waals surface area (Å²) in [6.45, 7) is 4.02. The summed E-state index contributed by atoms with van der Waals surface area (Å²) in [4.78, 5) is 11.8. The molecule has 0 radical (unpaired) electrons. The molecule has 0 spiro atoms. The molecule has 0 aliphatic rings. The molecule has 24 heavy (non-hydrogen) atoms. The van der Waals surface area contributed by atoms with Crippen molar-refractivity contribution in [2.45, 2.75) is 13.5 Å². The van der Waals surface area contributed by atoms with Crippen LogP contribution < -0.4 is 15.4 Å². The number of benzene rings is 2. The van der Waals surface area contributed by atoms with Gasteiger partial charge in [-0.15, -0.1) is 0 Å². The summed E-state index contributed by atoms with van der Waals surface area (Å²) >= 11 is 0. The summed E-state index contributed by atoms with van der Waals surface area (Å²) in [5, 5.41) is 5.85. The molecule has 1 amide bonds. The second kappa shape index (κ2) is 9.70. The van der Waals surface area contributed by atoms with Gasteiger partial charge in [0, 0.05) is 25.4 Å². The molecular formula is C19H24N2O3. The predicted molar refractivity (Wildman–Crippen MR) is 95.3 cm³/mol. The number of hydrogen-bond donors (Lipinski definition) is 2. The van der Waals surface area contributed by atoms with Gasteiger partial charge in [-0.1, -0.05) is 35.9 Å². The molecular weight excluding hydrogens is 304 g/mol. The maximum atomic E-state index is 11.8. The molecule has 2 rings (SSSR count). The number of ether oxygens (including phenoxy) is 2. The van der Waals surface area contributed by atoms with E-state index in [9.17, 15) is 4.79 Å². The van der Waals surface area contributed by atoms with Gasteiger partial charge < -0.3 is 20.1 Å². The zero-order chi connectivity index (χ0) is 17.2. The van der Waals surface area contributed by atoms with E-state index >= 15 is 0 Å². The molecule has 5 heteroatoms. The second-order valence-corrected chi connectivity index (χ2v) is 5.52. The van der Waals surface area contributed by atoms with Gasteiger partial charge in [-0.05, 0) is 24.6 Å². The first-order valence-corrected chi connectivity index (χ1v) is 7.95. The molecule has 0 unspecified atom stereocenters. The Balaban J connectivity index is 1.83. The van der Waals surface area contributed by atoms with E-state index in [1.54, 1.807) is 7.11 Å². The number of hydrogen-bond acceptors (Lipinski definition) is 4. The predicted octanol–water partition coefficient (Wildman–Crippen LogP) is 2.75. The van der Waals surface area contributed by atoms with Crippen molar-refractivity contribution >= 4 is 11.6 Å². The summed E-state index contributed by atoms with van der Waals surface area (Å²) in [6, 6.07) is 15.6. The van der Waals surface area contributed by atoms with Crippen LogP contribution in [0.1, 0.15) is 11.1 Å². The van der Waals surface area contributed by atoms with Gasteiger partial charge in [-0.2, -0.15) is 0 Å². The fraction of sp³-hybridized carbons (Fsp3) is 0.316. The first-order valence-electron chi connectivity index (χ1n) is 7.95. The Kier molecular flexibility index (Phi) is 7.26. The molecule has 0 saturated heterocycles. The Morgan fingerprint density at radius 2 is 1.96 bits per heavy atom. The number of methoxy groups -OCH3 is 1. The molecule has 0 bridgehead atoms. The van der Waals surface area contributed by atoms with Gasteiger partial charge in [0.1, 0.15) is 12.4 Å². The van der Waals surface area contributed by atoms with Gasteiger partial charge in [0.2, 0.25) is 5.91 Å². The van der Waals surface area contributed by atoms with Crippen LogP contribution in [-0.2, 0) is 16.1 Å².